The molecule has 0 radical (unpaired) electrons. The molecule has 1 fully saturated rings. The molecular weight excluding hydrogens is 330 g/mol. The van der Waals surface area contributed by atoms with E-state index < -0.39 is 21.0 Å². The van der Waals surface area contributed by atoms with Gasteiger partial charge in [0.15, 0.2) is 15.7 Å². The molecular formula is C15H19N5O3S. The number of tetrazole rings is 1. The van der Waals surface area contributed by atoms with Crippen molar-refractivity contribution in [2.45, 2.75) is 43.4 Å². The smallest absolute Gasteiger partial charge is 0.238 e. The molecule has 1 aliphatic rings. The van der Waals surface area contributed by atoms with E-state index in [0.29, 0.717) is 6.54 Å². The minimum atomic E-state index is -3.69. The zero-order chi connectivity index (χ0) is 17.2. The number of carbonyl (C=O) groups excluding carboxylic acids is 1. The lowest BCUT2D eigenvalue weighted by Gasteiger charge is -2.12. The summed E-state index contributed by atoms with van der Waals surface area (Å²) in [7, 11) is -3.69. The van der Waals surface area contributed by atoms with E-state index in [1.54, 1.807) is 0 Å². The third kappa shape index (κ3) is 3.97. The molecule has 8 nitrogen and oxygen atoms in total. The number of sulfone groups is 1. The summed E-state index contributed by atoms with van der Waals surface area (Å²) in [6, 6.07) is 9.62. The van der Waals surface area contributed by atoms with Crippen LogP contribution in [-0.4, -0.2) is 45.8 Å². The fourth-order valence-electron chi connectivity index (χ4n) is 2.22. The van der Waals surface area contributed by atoms with Gasteiger partial charge in [-0.3, -0.25) is 4.79 Å². The monoisotopic (exact) mass is 349 g/mol. The Bertz CT molecular complexity index is 815. The van der Waals surface area contributed by atoms with Crippen molar-refractivity contribution in [3.63, 3.8) is 0 Å². The number of hydrogen-bond donors (Lipinski definition) is 1. The van der Waals surface area contributed by atoms with Gasteiger partial charge in [-0.1, -0.05) is 30.3 Å². The molecule has 1 saturated carbocycles. The Morgan fingerprint density at radius 3 is 2.71 bits per heavy atom. The SMILES string of the molecule is C[C@H](C(=O)NC1CC1)S(=O)(=O)Cc1nnnn1Cc1ccccc1. The van der Waals surface area contributed by atoms with Gasteiger partial charge in [0, 0.05) is 6.04 Å². The van der Waals surface area contributed by atoms with Crippen molar-refractivity contribution in [2.75, 3.05) is 0 Å². The molecule has 128 valence electrons. The van der Waals surface area contributed by atoms with Gasteiger partial charge in [-0.2, -0.15) is 0 Å². The lowest BCUT2D eigenvalue weighted by molar-refractivity contribution is -0.120. The van der Waals surface area contributed by atoms with Crippen LogP contribution < -0.4 is 5.32 Å². The van der Waals surface area contributed by atoms with Crippen molar-refractivity contribution in [1.29, 1.82) is 0 Å². The number of amides is 1. The average molecular weight is 349 g/mol. The number of carbonyl (C=O) groups is 1. The molecule has 24 heavy (non-hydrogen) atoms. The second-order valence-corrected chi connectivity index (χ2v) is 8.29. The van der Waals surface area contributed by atoms with Crippen molar-refractivity contribution in [1.82, 2.24) is 25.5 Å². The van der Waals surface area contributed by atoms with Gasteiger partial charge in [0.1, 0.15) is 11.0 Å². The fourth-order valence-corrected chi connectivity index (χ4v) is 3.43. The predicted molar refractivity (Wildman–Crippen MR) is 86.6 cm³/mol. The average Bonchev–Trinajstić information content (AvgIpc) is 3.27. The van der Waals surface area contributed by atoms with E-state index in [4.69, 9.17) is 0 Å². The molecule has 1 aromatic heterocycles. The van der Waals surface area contributed by atoms with Crippen LogP contribution in [0.1, 0.15) is 31.2 Å². The third-order valence-corrected chi connectivity index (χ3v) is 5.90. The predicted octanol–water partition coefficient (Wildman–Crippen LogP) is 0.303. The topological polar surface area (TPSA) is 107 Å². The molecule has 0 spiro atoms. The van der Waals surface area contributed by atoms with Crippen molar-refractivity contribution < 1.29 is 13.2 Å². The second kappa shape index (κ2) is 6.68. The fraction of sp³-hybridized carbons (Fsp3) is 0.467. The van der Waals surface area contributed by atoms with E-state index >= 15 is 0 Å². The van der Waals surface area contributed by atoms with Crippen LogP contribution in [0.5, 0.6) is 0 Å². The minimum Gasteiger partial charge on any atom is -0.352 e. The molecule has 9 heteroatoms. The quantitative estimate of drug-likeness (QED) is 0.771. The Kier molecular flexibility index (Phi) is 4.61. The molecule has 0 bridgehead atoms. The standard InChI is InChI=1S/C15H19N5O3S/c1-11(15(21)16-13-7-8-13)24(22,23)10-14-17-18-19-20(14)9-12-5-3-2-4-6-12/h2-6,11,13H,7-10H2,1H3,(H,16,21)/t11-/m1/s1. The molecule has 0 aliphatic heterocycles. The van der Waals surface area contributed by atoms with Gasteiger partial charge in [-0.15, -0.1) is 5.10 Å². The summed E-state index contributed by atoms with van der Waals surface area (Å²) in [4.78, 5) is 12.0. The molecule has 1 aliphatic carbocycles. The first-order valence-corrected chi connectivity index (χ1v) is 9.48. The van der Waals surface area contributed by atoms with E-state index in [1.807, 2.05) is 30.3 Å². The van der Waals surface area contributed by atoms with Crippen molar-refractivity contribution in [3.05, 3.63) is 41.7 Å². The Morgan fingerprint density at radius 2 is 2.04 bits per heavy atom. The molecule has 1 heterocycles. The molecule has 1 amide bonds. The van der Waals surface area contributed by atoms with E-state index in [-0.39, 0.29) is 17.6 Å². The van der Waals surface area contributed by atoms with Crippen molar-refractivity contribution in [3.8, 4) is 0 Å². The zero-order valence-electron chi connectivity index (χ0n) is 13.3. The Balaban J connectivity index is 1.71. The van der Waals surface area contributed by atoms with E-state index in [2.05, 4.69) is 20.8 Å². The summed E-state index contributed by atoms with van der Waals surface area (Å²) in [5.74, 6) is -0.601. The highest BCUT2D eigenvalue weighted by atomic mass is 32.2. The largest absolute Gasteiger partial charge is 0.352 e. The summed E-state index contributed by atoms with van der Waals surface area (Å²) in [6.07, 6.45) is 1.82. The van der Waals surface area contributed by atoms with Gasteiger partial charge in [-0.05, 0) is 35.8 Å². The van der Waals surface area contributed by atoms with Crippen LogP contribution in [0.4, 0.5) is 0 Å². The normalized spacial score (nSPS) is 15.9. The van der Waals surface area contributed by atoms with Crippen LogP contribution in [0.3, 0.4) is 0 Å². The van der Waals surface area contributed by atoms with E-state index in [1.165, 1.54) is 11.6 Å². The van der Waals surface area contributed by atoms with Gasteiger partial charge in [0.25, 0.3) is 0 Å². The van der Waals surface area contributed by atoms with Crippen LogP contribution in [0.2, 0.25) is 0 Å². The summed E-state index contributed by atoms with van der Waals surface area (Å²) in [6.45, 7) is 1.78. The number of hydrogen-bond acceptors (Lipinski definition) is 6. The Hall–Kier alpha value is -2.29. The highest BCUT2D eigenvalue weighted by Gasteiger charge is 2.33. The highest BCUT2D eigenvalue weighted by Crippen LogP contribution is 2.20. The van der Waals surface area contributed by atoms with Gasteiger partial charge >= 0.3 is 0 Å². The Labute approximate surface area is 140 Å². The third-order valence-electron chi connectivity index (χ3n) is 3.94. The van der Waals surface area contributed by atoms with Gasteiger partial charge < -0.3 is 5.32 Å². The number of aromatic nitrogens is 4. The molecule has 3 rings (SSSR count). The van der Waals surface area contributed by atoms with E-state index in [9.17, 15) is 13.2 Å². The number of benzene rings is 1. The zero-order valence-corrected chi connectivity index (χ0v) is 14.1. The van der Waals surface area contributed by atoms with Crippen molar-refractivity contribution >= 4 is 15.7 Å². The lowest BCUT2D eigenvalue weighted by atomic mass is 10.2. The number of nitrogens with one attached hydrogen (secondary N) is 1. The second-order valence-electron chi connectivity index (χ2n) is 5.97. The van der Waals surface area contributed by atoms with Crippen LogP contribution in [0.25, 0.3) is 0 Å². The maximum Gasteiger partial charge on any atom is 0.238 e. The van der Waals surface area contributed by atoms with Gasteiger partial charge in [-0.25, -0.2) is 13.1 Å². The first-order valence-electron chi connectivity index (χ1n) is 7.76. The molecule has 1 aromatic carbocycles. The van der Waals surface area contributed by atoms with Crippen LogP contribution in [-0.2, 0) is 26.9 Å². The van der Waals surface area contributed by atoms with E-state index in [0.717, 1.165) is 18.4 Å². The molecule has 2 aromatic rings. The number of nitrogens with zero attached hydrogens (tertiary/aromatic N) is 4. The molecule has 1 atom stereocenters. The van der Waals surface area contributed by atoms with Crippen LogP contribution in [0.15, 0.2) is 30.3 Å². The summed E-state index contributed by atoms with van der Waals surface area (Å²) in [5, 5.41) is 12.8. The first-order chi connectivity index (χ1) is 11.5. The van der Waals surface area contributed by atoms with Gasteiger partial charge in [0.05, 0.1) is 6.54 Å². The number of rotatable bonds is 7. The molecule has 0 unspecified atom stereocenters. The summed E-state index contributed by atoms with van der Waals surface area (Å²) in [5.41, 5.74) is 0.961. The van der Waals surface area contributed by atoms with Gasteiger partial charge in [0.2, 0.25) is 5.91 Å². The Morgan fingerprint density at radius 1 is 1.33 bits per heavy atom. The maximum absolute atomic E-state index is 12.5. The maximum atomic E-state index is 12.5. The summed E-state index contributed by atoms with van der Waals surface area (Å²) >= 11 is 0. The first kappa shape index (κ1) is 16.6. The van der Waals surface area contributed by atoms with Crippen LogP contribution >= 0.6 is 0 Å². The highest BCUT2D eigenvalue weighted by molar-refractivity contribution is 7.92. The molecule has 0 saturated heterocycles. The minimum absolute atomic E-state index is 0.124. The van der Waals surface area contributed by atoms with Crippen molar-refractivity contribution in [2.24, 2.45) is 0 Å². The summed E-state index contributed by atoms with van der Waals surface area (Å²) < 4.78 is 26.4. The molecule has 1 N–H and O–H groups in total. The lowest BCUT2D eigenvalue weighted by Crippen LogP contribution is -2.39. The van der Waals surface area contributed by atoms with Crippen LogP contribution in [0, 0.1) is 0 Å².